The third-order valence-electron chi connectivity index (χ3n) is 6.48. The summed E-state index contributed by atoms with van der Waals surface area (Å²) in [5.41, 5.74) is 3.20. The Morgan fingerprint density at radius 2 is 1.94 bits per heavy atom. The van der Waals surface area contributed by atoms with Crippen molar-refractivity contribution in [3.8, 4) is 11.5 Å². The van der Waals surface area contributed by atoms with Crippen LogP contribution >= 0.6 is 27.3 Å². The van der Waals surface area contributed by atoms with Crippen LogP contribution in [-0.4, -0.2) is 36.0 Å². The van der Waals surface area contributed by atoms with Crippen molar-refractivity contribution in [1.29, 1.82) is 0 Å². The van der Waals surface area contributed by atoms with Gasteiger partial charge < -0.3 is 20.1 Å². The van der Waals surface area contributed by atoms with Crippen LogP contribution in [0.3, 0.4) is 0 Å². The topological polar surface area (TPSA) is 79.9 Å². The lowest BCUT2D eigenvalue weighted by molar-refractivity contribution is 0.0728. The molecule has 2 aromatic carbocycles. The fourth-order valence-corrected chi connectivity index (χ4v) is 6.11. The molecule has 0 radical (unpaired) electrons. The summed E-state index contributed by atoms with van der Waals surface area (Å²) in [4.78, 5) is 29.5. The molecule has 0 aliphatic carbocycles. The Kier molecular flexibility index (Phi) is 7.05. The van der Waals surface area contributed by atoms with Crippen molar-refractivity contribution in [3.05, 3.63) is 74.1 Å². The number of anilines is 1. The maximum absolute atomic E-state index is 13.2. The molecule has 0 bridgehead atoms. The van der Waals surface area contributed by atoms with Crippen molar-refractivity contribution in [1.82, 2.24) is 10.2 Å². The van der Waals surface area contributed by atoms with Crippen LogP contribution in [-0.2, 0) is 13.0 Å². The molecule has 0 spiro atoms. The molecule has 0 unspecified atom stereocenters. The van der Waals surface area contributed by atoms with E-state index in [0.717, 1.165) is 40.1 Å². The fourth-order valence-electron chi connectivity index (χ4n) is 4.54. The molecule has 9 heteroatoms. The summed E-state index contributed by atoms with van der Waals surface area (Å²) in [5.74, 6) is 0.245. The highest BCUT2D eigenvalue weighted by Crippen LogP contribution is 2.42. The predicted molar refractivity (Wildman–Crippen MR) is 144 cm³/mol. The number of amides is 1. The minimum Gasteiger partial charge on any atom is -0.490 e. The first-order valence-corrected chi connectivity index (χ1v) is 13.7. The van der Waals surface area contributed by atoms with E-state index >= 15 is 0 Å². The number of ether oxygens (including phenoxy) is 2. The van der Waals surface area contributed by atoms with E-state index in [9.17, 15) is 9.59 Å². The Bertz CT molecular complexity index is 1310. The van der Waals surface area contributed by atoms with Gasteiger partial charge in [0.05, 0.1) is 17.7 Å². The van der Waals surface area contributed by atoms with E-state index in [4.69, 9.17) is 9.47 Å². The zero-order chi connectivity index (χ0) is 25.4. The molecule has 1 atom stereocenters. The molecule has 0 saturated heterocycles. The molecule has 2 aliphatic heterocycles. The lowest BCUT2D eigenvalue weighted by Crippen LogP contribution is -2.39. The van der Waals surface area contributed by atoms with Crippen molar-refractivity contribution in [2.45, 2.75) is 45.9 Å². The predicted octanol–water partition coefficient (Wildman–Crippen LogP) is 5.75. The Morgan fingerprint density at radius 1 is 1.17 bits per heavy atom. The molecule has 188 valence electrons. The molecule has 0 saturated carbocycles. The van der Waals surface area contributed by atoms with E-state index in [0.29, 0.717) is 29.7 Å². The van der Waals surface area contributed by atoms with Gasteiger partial charge in [-0.05, 0) is 74.7 Å². The lowest BCUT2D eigenvalue weighted by Gasteiger charge is -2.31. The van der Waals surface area contributed by atoms with Crippen LogP contribution in [0.4, 0.5) is 5.00 Å². The number of hydrogen-bond donors (Lipinski definition) is 2. The smallest absolute Gasteiger partial charge is 0.343 e. The Morgan fingerprint density at radius 3 is 2.67 bits per heavy atom. The first-order valence-electron chi connectivity index (χ1n) is 12.0. The summed E-state index contributed by atoms with van der Waals surface area (Å²) in [6, 6.07) is 12.8. The Balaban J connectivity index is 1.38. The number of halogens is 1. The molecule has 2 N–H and O–H groups in total. The van der Waals surface area contributed by atoms with Gasteiger partial charge >= 0.3 is 5.97 Å². The third-order valence-corrected chi connectivity index (χ3v) is 8.15. The van der Waals surface area contributed by atoms with Crippen LogP contribution < -0.4 is 20.1 Å². The molecule has 36 heavy (non-hydrogen) atoms. The Hall–Kier alpha value is -2.88. The molecule has 2 aliphatic rings. The summed E-state index contributed by atoms with van der Waals surface area (Å²) in [7, 11) is 0. The van der Waals surface area contributed by atoms with Gasteiger partial charge in [-0.2, -0.15) is 0 Å². The molecule has 7 nitrogen and oxygen atoms in total. The number of rotatable bonds is 6. The molecule has 3 aromatic rings. The van der Waals surface area contributed by atoms with E-state index in [1.165, 1.54) is 10.4 Å². The summed E-state index contributed by atoms with van der Waals surface area (Å²) in [6.07, 6.45) is 0.466. The van der Waals surface area contributed by atoms with Crippen molar-refractivity contribution in [3.63, 3.8) is 0 Å². The van der Waals surface area contributed by atoms with Gasteiger partial charge in [0, 0.05) is 28.5 Å². The third kappa shape index (κ3) is 4.87. The van der Waals surface area contributed by atoms with E-state index in [2.05, 4.69) is 45.3 Å². The average Bonchev–Trinajstić information content (AvgIpc) is 3.23. The van der Waals surface area contributed by atoms with Gasteiger partial charge in [0.15, 0.2) is 11.5 Å². The standard InChI is InChI=1S/C27H28BrN3O4S/c1-4-34-21-13-17(7-10-20(21)35-27(33)16-5-8-18(28)9-6-16)24-29-25(32)23-19-11-12-31(15(2)3)14-22(19)36-26(23)30-24/h5-10,13,15,24,30H,4,11-12,14H2,1-3H3,(H,29,32)/t24-/m1/s1. The van der Waals surface area contributed by atoms with Crippen LogP contribution in [0.5, 0.6) is 11.5 Å². The minimum absolute atomic E-state index is 0.0621. The zero-order valence-corrected chi connectivity index (χ0v) is 22.8. The number of carbonyl (C=O) groups excluding carboxylic acids is 2. The summed E-state index contributed by atoms with van der Waals surface area (Å²) >= 11 is 5.04. The van der Waals surface area contributed by atoms with Gasteiger partial charge in [-0.25, -0.2) is 4.79 Å². The van der Waals surface area contributed by atoms with Crippen LogP contribution in [0.2, 0.25) is 0 Å². The van der Waals surface area contributed by atoms with Gasteiger partial charge in [0.25, 0.3) is 5.91 Å². The second kappa shape index (κ2) is 10.2. The van der Waals surface area contributed by atoms with Gasteiger partial charge in [0.1, 0.15) is 11.2 Å². The molecule has 0 fully saturated rings. The summed E-state index contributed by atoms with van der Waals surface area (Å²) < 4.78 is 12.3. The van der Waals surface area contributed by atoms with Gasteiger partial charge in [-0.3, -0.25) is 9.69 Å². The quantitative estimate of drug-likeness (QED) is 0.290. The molecule has 3 heterocycles. The van der Waals surface area contributed by atoms with E-state index < -0.39 is 12.1 Å². The highest BCUT2D eigenvalue weighted by molar-refractivity contribution is 9.10. The summed E-state index contributed by atoms with van der Waals surface area (Å²) in [5, 5.41) is 7.51. The monoisotopic (exact) mass is 569 g/mol. The number of fused-ring (bicyclic) bond motifs is 3. The van der Waals surface area contributed by atoms with E-state index in [-0.39, 0.29) is 5.91 Å². The van der Waals surface area contributed by atoms with Crippen molar-refractivity contribution in [2.75, 3.05) is 18.5 Å². The number of benzene rings is 2. The number of carbonyl (C=O) groups is 2. The highest BCUT2D eigenvalue weighted by atomic mass is 79.9. The lowest BCUT2D eigenvalue weighted by atomic mass is 9.99. The molecule has 5 rings (SSSR count). The van der Waals surface area contributed by atoms with Crippen LogP contribution in [0.25, 0.3) is 0 Å². The highest BCUT2D eigenvalue weighted by Gasteiger charge is 2.34. The molecule has 1 amide bonds. The molecule has 1 aromatic heterocycles. The SMILES string of the molecule is CCOc1cc([C@@H]2NC(=O)c3c(sc4c3CCN(C(C)C)C4)N2)ccc1OC(=O)c1ccc(Br)cc1. The zero-order valence-electron chi connectivity index (χ0n) is 20.4. The number of esters is 1. The van der Waals surface area contributed by atoms with Crippen LogP contribution in [0, 0.1) is 0 Å². The molecular formula is C27H28BrN3O4S. The van der Waals surface area contributed by atoms with E-state index in [1.807, 2.05) is 19.1 Å². The van der Waals surface area contributed by atoms with Crippen LogP contribution in [0.15, 0.2) is 46.9 Å². The number of nitrogens with zero attached hydrogens (tertiary/aromatic N) is 1. The minimum atomic E-state index is -0.468. The van der Waals surface area contributed by atoms with Gasteiger partial charge in [-0.1, -0.05) is 22.0 Å². The number of thiophene rings is 1. The largest absolute Gasteiger partial charge is 0.490 e. The first kappa shape index (κ1) is 24.8. The van der Waals surface area contributed by atoms with Crippen molar-refractivity contribution >= 4 is 44.1 Å². The second-order valence-electron chi connectivity index (χ2n) is 9.11. The number of hydrogen-bond acceptors (Lipinski definition) is 7. The fraction of sp³-hybridized carbons (Fsp3) is 0.333. The van der Waals surface area contributed by atoms with Crippen molar-refractivity contribution in [2.24, 2.45) is 0 Å². The summed E-state index contributed by atoms with van der Waals surface area (Å²) in [6.45, 7) is 8.52. The molecular weight excluding hydrogens is 542 g/mol. The first-order chi connectivity index (χ1) is 17.3. The van der Waals surface area contributed by atoms with E-state index in [1.54, 1.807) is 41.7 Å². The second-order valence-corrected chi connectivity index (χ2v) is 11.1. The Labute approximate surface area is 222 Å². The maximum atomic E-state index is 13.2. The maximum Gasteiger partial charge on any atom is 0.343 e. The van der Waals surface area contributed by atoms with Crippen molar-refractivity contribution < 1.29 is 19.1 Å². The van der Waals surface area contributed by atoms with Gasteiger partial charge in [0.2, 0.25) is 0 Å². The number of nitrogens with one attached hydrogen (secondary N) is 2. The van der Waals surface area contributed by atoms with Gasteiger partial charge in [-0.15, -0.1) is 11.3 Å². The normalized spacial score (nSPS) is 17.1. The average molecular weight is 571 g/mol. The van der Waals surface area contributed by atoms with Crippen LogP contribution in [0.1, 0.15) is 63.7 Å².